The highest BCUT2D eigenvalue weighted by molar-refractivity contribution is 7.10. The molecule has 4 aromatic rings. The molecule has 180 valence electrons. The van der Waals surface area contributed by atoms with Crippen LogP contribution in [0.15, 0.2) is 88.9 Å². The lowest BCUT2D eigenvalue weighted by atomic mass is 10.1. The highest BCUT2D eigenvalue weighted by atomic mass is 32.1. The molecule has 1 atom stereocenters. The first kappa shape index (κ1) is 24.2. The summed E-state index contributed by atoms with van der Waals surface area (Å²) >= 11 is 1.45. The zero-order chi connectivity index (χ0) is 24.6. The fourth-order valence-electron chi connectivity index (χ4n) is 3.70. The standard InChI is InChI=1S/C27H25FN2O4S/c1-33-21-12-10-19(11-13-21)17-29-27(32)26(24-9-4-14-34-24)30(18-20-6-2-3-8-23(20)28)25(31)16-22-7-5-15-35-22/h2-15,26H,16-18H2,1H3,(H,29,32)/t26-/m1/s1. The van der Waals surface area contributed by atoms with Gasteiger partial charge in [0.25, 0.3) is 5.91 Å². The maximum absolute atomic E-state index is 14.6. The van der Waals surface area contributed by atoms with Crippen molar-refractivity contribution in [1.29, 1.82) is 0 Å². The van der Waals surface area contributed by atoms with E-state index in [0.29, 0.717) is 17.1 Å². The summed E-state index contributed by atoms with van der Waals surface area (Å²) in [6.45, 7) is 0.158. The average Bonchev–Trinajstić information content (AvgIpc) is 3.59. The fraction of sp³-hybridized carbons (Fsp3) is 0.185. The van der Waals surface area contributed by atoms with Gasteiger partial charge in [0.15, 0.2) is 6.04 Å². The summed E-state index contributed by atoms with van der Waals surface area (Å²) in [5, 5.41) is 4.78. The summed E-state index contributed by atoms with van der Waals surface area (Å²) in [5.41, 5.74) is 1.18. The number of carbonyl (C=O) groups excluding carboxylic acids is 2. The number of halogens is 1. The first-order chi connectivity index (χ1) is 17.0. The number of hydrogen-bond donors (Lipinski definition) is 1. The van der Waals surface area contributed by atoms with Gasteiger partial charge in [-0.3, -0.25) is 9.59 Å². The number of methoxy groups -OCH3 is 1. The van der Waals surface area contributed by atoms with E-state index < -0.39 is 17.8 Å². The lowest BCUT2D eigenvalue weighted by molar-refractivity contribution is -0.141. The highest BCUT2D eigenvalue weighted by Gasteiger charge is 2.34. The highest BCUT2D eigenvalue weighted by Crippen LogP contribution is 2.27. The van der Waals surface area contributed by atoms with Crippen LogP contribution in [0.25, 0.3) is 0 Å². The molecule has 0 aliphatic carbocycles. The Labute approximate surface area is 207 Å². The van der Waals surface area contributed by atoms with Crippen LogP contribution in [0.5, 0.6) is 5.75 Å². The molecule has 0 saturated heterocycles. The van der Waals surface area contributed by atoms with Crippen molar-refractivity contribution in [3.63, 3.8) is 0 Å². The first-order valence-corrected chi connectivity index (χ1v) is 11.9. The third-order valence-corrected chi connectivity index (χ3v) is 6.40. The second-order valence-electron chi connectivity index (χ2n) is 7.85. The molecule has 6 nitrogen and oxygen atoms in total. The number of thiophene rings is 1. The predicted molar refractivity (Wildman–Crippen MR) is 131 cm³/mol. The Morgan fingerprint density at radius 2 is 1.86 bits per heavy atom. The molecule has 0 bridgehead atoms. The molecule has 0 aliphatic rings. The van der Waals surface area contributed by atoms with E-state index in [1.165, 1.54) is 28.6 Å². The molecular formula is C27H25FN2O4S. The summed E-state index contributed by atoms with van der Waals surface area (Å²) in [4.78, 5) is 29.2. The van der Waals surface area contributed by atoms with Crippen LogP contribution >= 0.6 is 11.3 Å². The van der Waals surface area contributed by atoms with Gasteiger partial charge in [-0.2, -0.15) is 0 Å². The lowest BCUT2D eigenvalue weighted by Gasteiger charge is -2.30. The smallest absolute Gasteiger partial charge is 0.251 e. The van der Waals surface area contributed by atoms with Gasteiger partial charge in [-0.15, -0.1) is 11.3 Å². The van der Waals surface area contributed by atoms with Gasteiger partial charge in [0.1, 0.15) is 17.3 Å². The van der Waals surface area contributed by atoms with Crippen LogP contribution in [0.1, 0.15) is 27.8 Å². The van der Waals surface area contributed by atoms with Gasteiger partial charge >= 0.3 is 0 Å². The summed E-state index contributed by atoms with van der Waals surface area (Å²) in [6.07, 6.45) is 1.54. The van der Waals surface area contributed by atoms with Crippen molar-refractivity contribution in [2.45, 2.75) is 25.6 Å². The molecule has 0 aliphatic heterocycles. The zero-order valence-electron chi connectivity index (χ0n) is 19.1. The van der Waals surface area contributed by atoms with E-state index in [0.717, 1.165) is 10.4 Å². The Morgan fingerprint density at radius 1 is 1.06 bits per heavy atom. The number of nitrogens with one attached hydrogen (secondary N) is 1. The van der Waals surface area contributed by atoms with Crippen LogP contribution in [0.4, 0.5) is 4.39 Å². The molecule has 35 heavy (non-hydrogen) atoms. The summed E-state index contributed by atoms with van der Waals surface area (Å²) in [7, 11) is 1.59. The summed E-state index contributed by atoms with van der Waals surface area (Å²) in [5.74, 6) is -0.168. The van der Waals surface area contributed by atoms with Crippen LogP contribution in [-0.2, 0) is 29.1 Å². The number of ether oxygens (including phenoxy) is 1. The first-order valence-electron chi connectivity index (χ1n) is 11.0. The molecule has 2 aromatic heterocycles. The van der Waals surface area contributed by atoms with Crippen molar-refractivity contribution in [2.24, 2.45) is 0 Å². The van der Waals surface area contributed by atoms with Crippen molar-refractivity contribution in [1.82, 2.24) is 10.2 Å². The van der Waals surface area contributed by atoms with Gasteiger partial charge in [-0.25, -0.2) is 4.39 Å². The molecule has 0 unspecified atom stereocenters. The van der Waals surface area contributed by atoms with Crippen LogP contribution in [-0.4, -0.2) is 23.8 Å². The minimum Gasteiger partial charge on any atom is -0.497 e. The van der Waals surface area contributed by atoms with Gasteiger partial charge in [0, 0.05) is 23.5 Å². The van der Waals surface area contributed by atoms with E-state index in [4.69, 9.17) is 9.15 Å². The second-order valence-corrected chi connectivity index (χ2v) is 8.89. The Bertz CT molecular complexity index is 1240. The number of nitrogens with zero attached hydrogens (tertiary/aromatic N) is 1. The normalized spacial score (nSPS) is 11.6. The molecule has 0 spiro atoms. The van der Waals surface area contributed by atoms with Gasteiger partial charge in [0.2, 0.25) is 5.91 Å². The van der Waals surface area contributed by atoms with Crippen molar-refractivity contribution in [3.05, 3.63) is 112 Å². The van der Waals surface area contributed by atoms with E-state index >= 15 is 0 Å². The van der Waals surface area contributed by atoms with E-state index in [9.17, 15) is 14.0 Å². The number of amides is 2. The van der Waals surface area contributed by atoms with Crippen molar-refractivity contribution < 1.29 is 23.1 Å². The van der Waals surface area contributed by atoms with E-state index in [1.54, 1.807) is 49.6 Å². The minimum atomic E-state index is -1.07. The molecule has 0 fully saturated rings. The quantitative estimate of drug-likeness (QED) is 0.334. The Morgan fingerprint density at radius 3 is 2.51 bits per heavy atom. The van der Waals surface area contributed by atoms with E-state index in [-0.39, 0.29) is 25.4 Å². The van der Waals surface area contributed by atoms with Gasteiger partial charge in [-0.05, 0) is 47.3 Å². The zero-order valence-corrected chi connectivity index (χ0v) is 20.0. The van der Waals surface area contributed by atoms with Crippen LogP contribution in [0.2, 0.25) is 0 Å². The Kier molecular flexibility index (Phi) is 7.95. The van der Waals surface area contributed by atoms with Crippen molar-refractivity contribution in [3.8, 4) is 5.75 Å². The molecule has 2 heterocycles. The fourth-order valence-corrected chi connectivity index (χ4v) is 4.39. The number of carbonyl (C=O) groups is 2. The van der Waals surface area contributed by atoms with Crippen LogP contribution in [0, 0.1) is 5.82 Å². The number of benzene rings is 2. The monoisotopic (exact) mass is 492 g/mol. The van der Waals surface area contributed by atoms with Gasteiger partial charge in [-0.1, -0.05) is 36.4 Å². The molecule has 8 heteroatoms. The number of hydrogen-bond acceptors (Lipinski definition) is 5. The lowest BCUT2D eigenvalue weighted by Crippen LogP contribution is -2.43. The molecule has 2 amide bonds. The van der Waals surface area contributed by atoms with E-state index in [1.807, 2.05) is 29.6 Å². The largest absolute Gasteiger partial charge is 0.497 e. The maximum atomic E-state index is 14.6. The van der Waals surface area contributed by atoms with Crippen molar-refractivity contribution in [2.75, 3.05) is 7.11 Å². The molecule has 0 saturated carbocycles. The molecular weight excluding hydrogens is 467 g/mol. The van der Waals surface area contributed by atoms with Gasteiger partial charge < -0.3 is 19.4 Å². The average molecular weight is 493 g/mol. The Balaban J connectivity index is 1.62. The maximum Gasteiger partial charge on any atom is 0.251 e. The molecule has 1 N–H and O–H groups in total. The summed E-state index contributed by atoms with van der Waals surface area (Å²) in [6, 6.07) is 19.5. The molecule has 4 rings (SSSR count). The second kappa shape index (κ2) is 11.5. The van der Waals surface area contributed by atoms with Gasteiger partial charge in [0.05, 0.1) is 19.8 Å². The third kappa shape index (κ3) is 6.16. The predicted octanol–water partition coefficient (Wildman–Crippen LogP) is 5.12. The SMILES string of the molecule is COc1ccc(CNC(=O)[C@@H](c2ccco2)N(Cc2ccccc2F)C(=O)Cc2cccs2)cc1. The van der Waals surface area contributed by atoms with Crippen molar-refractivity contribution >= 4 is 23.2 Å². The molecule has 2 aromatic carbocycles. The van der Waals surface area contributed by atoms with Crippen LogP contribution < -0.4 is 10.1 Å². The Hall–Kier alpha value is -3.91. The summed E-state index contributed by atoms with van der Waals surface area (Å²) < 4.78 is 25.3. The van der Waals surface area contributed by atoms with Crippen LogP contribution in [0.3, 0.4) is 0 Å². The number of rotatable bonds is 10. The number of furan rings is 1. The minimum absolute atomic E-state index is 0.0851. The third-order valence-electron chi connectivity index (χ3n) is 5.52. The topological polar surface area (TPSA) is 71.8 Å². The van der Waals surface area contributed by atoms with E-state index in [2.05, 4.69) is 5.32 Å². The molecule has 0 radical (unpaired) electrons.